The van der Waals surface area contributed by atoms with Gasteiger partial charge in [0.1, 0.15) is 5.03 Å². The summed E-state index contributed by atoms with van der Waals surface area (Å²) in [6.45, 7) is 2.15. The van der Waals surface area contributed by atoms with E-state index < -0.39 is 0 Å². The first-order valence-electron chi connectivity index (χ1n) is 7.66. The van der Waals surface area contributed by atoms with Crippen molar-refractivity contribution in [2.75, 3.05) is 5.75 Å². The molecule has 2 bridgehead atoms. The van der Waals surface area contributed by atoms with E-state index in [4.69, 9.17) is 11.6 Å². The largest absolute Gasteiger partial charge is 0.353 e. The lowest BCUT2D eigenvalue weighted by molar-refractivity contribution is -0.119. The van der Waals surface area contributed by atoms with Gasteiger partial charge in [0.25, 0.3) is 0 Å². The molecule has 3 rings (SSSR count). The Balaban J connectivity index is 1.47. The third-order valence-electron chi connectivity index (χ3n) is 4.89. The number of carbonyl (C=O) groups excluding carboxylic acids is 1. The van der Waals surface area contributed by atoms with Crippen LogP contribution in [0, 0.1) is 17.8 Å². The van der Waals surface area contributed by atoms with Gasteiger partial charge in [-0.1, -0.05) is 29.8 Å². The van der Waals surface area contributed by atoms with Crippen LogP contribution in [0.15, 0.2) is 23.4 Å². The highest BCUT2D eigenvalue weighted by Crippen LogP contribution is 2.49. The van der Waals surface area contributed by atoms with Crippen LogP contribution in [0.25, 0.3) is 0 Å². The summed E-state index contributed by atoms with van der Waals surface area (Å²) in [6.07, 6.45) is 7.13. The van der Waals surface area contributed by atoms with Crippen LogP contribution in [0.1, 0.15) is 32.6 Å². The molecule has 3 nitrogen and oxygen atoms in total. The van der Waals surface area contributed by atoms with Crippen molar-refractivity contribution in [2.45, 2.75) is 43.7 Å². The Morgan fingerprint density at radius 2 is 2.38 bits per heavy atom. The van der Waals surface area contributed by atoms with E-state index >= 15 is 0 Å². The first-order chi connectivity index (χ1) is 10.1. The van der Waals surface area contributed by atoms with Crippen molar-refractivity contribution in [1.82, 2.24) is 10.3 Å². The average molecular weight is 325 g/mol. The zero-order valence-electron chi connectivity index (χ0n) is 12.2. The molecule has 2 fully saturated rings. The van der Waals surface area contributed by atoms with Crippen molar-refractivity contribution in [3.63, 3.8) is 0 Å². The molecule has 1 aromatic rings. The zero-order chi connectivity index (χ0) is 14.8. The molecule has 21 heavy (non-hydrogen) atoms. The van der Waals surface area contributed by atoms with E-state index in [1.165, 1.54) is 37.4 Å². The van der Waals surface area contributed by atoms with Crippen LogP contribution in [0.3, 0.4) is 0 Å². The number of rotatable bonds is 5. The monoisotopic (exact) mass is 324 g/mol. The second-order valence-electron chi connectivity index (χ2n) is 6.27. The normalized spacial score (nSPS) is 28.6. The van der Waals surface area contributed by atoms with Crippen molar-refractivity contribution in [3.8, 4) is 0 Å². The second-order valence-corrected chi connectivity index (χ2v) is 7.65. The van der Waals surface area contributed by atoms with E-state index in [0.29, 0.717) is 16.7 Å². The lowest BCUT2D eigenvalue weighted by Gasteiger charge is -2.28. The van der Waals surface area contributed by atoms with Gasteiger partial charge in [0, 0.05) is 12.2 Å². The minimum absolute atomic E-state index is 0.0805. The Hall–Kier alpha value is -0.740. The van der Waals surface area contributed by atoms with Gasteiger partial charge in [0.05, 0.1) is 10.8 Å². The number of thioether (sulfide) groups is 1. The van der Waals surface area contributed by atoms with E-state index in [0.717, 1.165) is 16.9 Å². The maximum absolute atomic E-state index is 12.1. The highest BCUT2D eigenvalue weighted by Gasteiger charge is 2.42. The second kappa shape index (κ2) is 6.57. The van der Waals surface area contributed by atoms with E-state index in [9.17, 15) is 4.79 Å². The van der Waals surface area contributed by atoms with Crippen molar-refractivity contribution in [3.05, 3.63) is 23.4 Å². The molecule has 1 heterocycles. The number of fused-ring (bicyclic) bond motifs is 2. The topological polar surface area (TPSA) is 42.0 Å². The van der Waals surface area contributed by atoms with Crippen LogP contribution in [0.4, 0.5) is 0 Å². The molecule has 0 aromatic carbocycles. The molecule has 1 aromatic heterocycles. The number of pyridine rings is 1. The van der Waals surface area contributed by atoms with Crippen molar-refractivity contribution in [1.29, 1.82) is 0 Å². The van der Waals surface area contributed by atoms with Gasteiger partial charge < -0.3 is 5.32 Å². The van der Waals surface area contributed by atoms with Gasteiger partial charge in [-0.25, -0.2) is 4.98 Å². The Bertz CT molecular complexity index is 525. The first-order valence-corrected chi connectivity index (χ1v) is 9.02. The summed E-state index contributed by atoms with van der Waals surface area (Å²) in [7, 11) is 0. The molecule has 0 aliphatic heterocycles. The van der Waals surface area contributed by atoms with E-state index in [-0.39, 0.29) is 11.9 Å². The number of carbonyl (C=O) groups is 1. The Kier molecular flexibility index (Phi) is 4.75. The fourth-order valence-corrected chi connectivity index (χ4v) is 4.90. The molecule has 1 N–H and O–H groups in total. The van der Waals surface area contributed by atoms with E-state index in [2.05, 4.69) is 17.2 Å². The van der Waals surface area contributed by atoms with Gasteiger partial charge >= 0.3 is 0 Å². The summed E-state index contributed by atoms with van der Waals surface area (Å²) < 4.78 is 0. The number of halogens is 1. The zero-order valence-corrected chi connectivity index (χ0v) is 13.8. The quantitative estimate of drug-likeness (QED) is 0.838. The molecule has 4 unspecified atom stereocenters. The highest BCUT2D eigenvalue weighted by atomic mass is 35.5. The number of amides is 1. The van der Waals surface area contributed by atoms with Crippen molar-refractivity contribution in [2.24, 2.45) is 17.8 Å². The fourth-order valence-electron chi connectivity index (χ4n) is 3.92. The molecule has 2 aliphatic carbocycles. The molecule has 2 aliphatic rings. The molecular formula is C16H21ClN2OS. The Labute approximate surface area is 135 Å². The van der Waals surface area contributed by atoms with Gasteiger partial charge in [-0.15, -0.1) is 0 Å². The third-order valence-corrected chi connectivity index (χ3v) is 6.31. The summed E-state index contributed by atoms with van der Waals surface area (Å²) in [4.78, 5) is 16.3. The van der Waals surface area contributed by atoms with Gasteiger partial charge in [-0.3, -0.25) is 4.79 Å². The summed E-state index contributed by atoms with van der Waals surface area (Å²) in [5.41, 5.74) is 0. The first kappa shape index (κ1) is 15.2. The summed E-state index contributed by atoms with van der Waals surface area (Å²) in [5, 5.41) is 4.50. The Morgan fingerprint density at radius 3 is 3.05 bits per heavy atom. The summed E-state index contributed by atoms with van der Waals surface area (Å²) in [6, 6.07) is 3.88. The minimum atomic E-state index is 0.0805. The average Bonchev–Trinajstić information content (AvgIpc) is 3.09. The molecule has 1 amide bonds. The van der Waals surface area contributed by atoms with Crippen LogP contribution < -0.4 is 5.32 Å². The minimum Gasteiger partial charge on any atom is -0.353 e. The lowest BCUT2D eigenvalue weighted by atomic mass is 9.84. The van der Waals surface area contributed by atoms with Crippen LogP contribution in [0.2, 0.25) is 5.02 Å². The SMILES string of the molecule is CC(NC(=O)CSc1ncccc1Cl)C1CC2CCC1C2. The van der Waals surface area contributed by atoms with Crippen LogP contribution in [0.5, 0.6) is 0 Å². The molecule has 5 heteroatoms. The predicted molar refractivity (Wildman–Crippen MR) is 86.5 cm³/mol. The predicted octanol–water partition coefficient (Wildman–Crippen LogP) is 3.77. The third kappa shape index (κ3) is 3.54. The molecule has 0 spiro atoms. The maximum atomic E-state index is 12.1. The van der Waals surface area contributed by atoms with Crippen molar-refractivity contribution < 1.29 is 4.79 Å². The molecule has 114 valence electrons. The molecule has 0 saturated heterocycles. The summed E-state index contributed by atoms with van der Waals surface area (Å²) >= 11 is 7.44. The fraction of sp³-hybridized carbons (Fsp3) is 0.625. The number of hydrogen-bond acceptors (Lipinski definition) is 3. The number of hydrogen-bond donors (Lipinski definition) is 1. The van der Waals surface area contributed by atoms with Crippen LogP contribution in [-0.2, 0) is 4.79 Å². The standard InChI is InChI=1S/C16H21ClN2OS/c1-10(13-8-11-4-5-12(13)7-11)19-15(20)9-21-16-14(17)3-2-6-18-16/h2-3,6,10-13H,4-5,7-9H2,1H3,(H,19,20). The highest BCUT2D eigenvalue weighted by molar-refractivity contribution is 8.00. The molecule has 0 radical (unpaired) electrons. The molecular weight excluding hydrogens is 304 g/mol. The maximum Gasteiger partial charge on any atom is 0.230 e. The van der Waals surface area contributed by atoms with Crippen molar-refractivity contribution >= 4 is 29.3 Å². The number of nitrogens with one attached hydrogen (secondary N) is 1. The lowest BCUT2D eigenvalue weighted by Crippen LogP contribution is -2.40. The van der Waals surface area contributed by atoms with Gasteiger partial charge in [-0.2, -0.15) is 0 Å². The van der Waals surface area contributed by atoms with E-state index in [1.54, 1.807) is 18.3 Å². The van der Waals surface area contributed by atoms with Gasteiger partial charge in [0.15, 0.2) is 0 Å². The smallest absolute Gasteiger partial charge is 0.230 e. The Morgan fingerprint density at radius 1 is 1.52 bits per heavy atom. The molecule has 2 saturated carbocycles. The van der Waals surface area contributed by atoms with Gasteiger partial charge in [0.2, 0.25) is 5.91 Å². The molecule has 4 atom stereocenters. The van der Waals surface area contributed by atoms with Gasteiger partial charge in [-0.05, 0) is 56.1 Å². The summed E-state index contributed by atoms with van der Waals surface area (Å²) in [5.74, 6) is 2.89. The van der Waals surface area contributed by atoms with E-state index in [1.807, 2.05) is 0 Å². The van der Waals surface area contributed by atoms with Crippen LogP contribution in [-0.4, -0.2) is 22.7 Å². The number of aromatic nitrogens is 1. The number of nitrogens with zero attached hydrogens (tertiary/aromatic N) is 1. The van der Waals surface area contributed by atoms with Crippen LogP contribution >= 0.6 is 23.4 Å².